The summed E-state index contributed by atoms with van der Waals surface area (Å²) in [5.41, 5.74) is -0.105. The third kappa shape index (κ3) is 1.53. The van der Waals surface area contributed by atoms with Crippen LogP contribution in [0.25, 0.3) is 0 Å². The number of hydrogen-bond acceptors (Lipinski definition) is 2. The Hall–Kier alpha value is -1.16. The van der Waals surface area contributed by atoms with Crippen molar-refractivity contribution >= 4 is 0 Å². The molecule has 66 valence electrons. The minimum absolute atomic E-state index is 0.105. The summed E-state index contributed by atoms with van der Waals surface area (Å²) in [6, 6.07) is 1.85. The van der Waals surface area contributed by atoms with Crippen molar-refractivity contribution in [1.82, 2.24) is 0 Å². The molecule has 0 aliphatic rings. The van der Waals surface area contributed by atoms with E-state index in [2.05, 4.69) is 4.74 Å². The molecule has 1 aromatic rings. The van der Waals surface area contributed by atoms with Gasteiger partial charge in [0, 0.05) is 11.6 Å². The van der Waals surface area contributed by atoms with E-state index in [1.807, 2.05) is 0 Å². The lowest BCUT2D eigenvalue weighted by Crippen LogP contribution is -1.96. The van der Waals surface area contributed by atoms with Gasteiger partial charge < -0.3 is 9.84 Å². The molecule has 0 saturated carbocycles. The molecule has 0 aliphatic carbocycles. The number of methoxy groups -OCH3 is 1. The third-order valence-electron chi connectivity index (χ3n) is 1.47. The van der Waals surface area contributed by atoms with Crippen LogP contribution >= 0.6 is 0 Å². The monoisotopic (exact) mass is 174 g/mol. The average Bonchev–Trinajstić information content (AvgIpc) is 2.08. The lowest BCUT2D eigenvalue weighted by Gasteiger charge is -2.05. The number of benzene rings is 1. The number of aliphatic hydroxyl groups excluding tert-OH is 1. The summed E-state index contributed by atoms with van der Waals surface area (Å²) >= 11 is 0. The van der Waals surface area contributed by atoms with E-state index < -0.39 is 18.2 Å². The first-order chi connectivity index (χ1) is 5.69. The first kappa shape index (κ1) is 8.93. The predicted molar refractivity (Wildman–Crippen MR) is 38.8 cm³/mol. The number of rotatable bonds is 2. The Morgan fingerprint density at radius 2 is 2.08 bits per heavy atom. The highest BCUT2D eigenvalue weighted by molar-refractivity contribution is 5.31. The maximum absolute atomic E-state index is 13.0. The van der Waals surface area contributed by atoms with Crippen LogP contribution in [0.2, 0.25) is 0 Å². The molecule has 12 heavy (non-hydrogen) atoms. The minimum Gasteiger partial charge on any atom is -0.494 e. The van der Waals surface area contributed by atoms with Crippen LogP contribution in [0.15, 0.2) is 12.1 Å². The van der Waals surface area contributed by atoms with Crippen LogP contribution in [0.4, 0.5) is 8.78 Å². The van der Waals surface area contributed by atoms with Crippen LogP contribution < -0.4 is 4.74 Å². The van der Waals surface area contributed by atoms with E-state index in [0.29, 0.717) is 0 Å². The summed E-state index contributed by atoms with van der Waals surface area (Å²) in [5.74, 6) is -1.54. The van der Waals surface area contributed by atoms with Gasteiger partial charge in [0.05, 0.1) is 13.7 Å². The minimum atomic E-state index is -0.721. The zero-order valence-electron chi connectivity index (χ0n) is 6.47. The highest BCUT2D eigenvalue weighted by Gasteiger charge is 2.09. The van der Waals surface area contributed by atoms with Gasteiger partial charge in [-0.2, -0.15) is 0 Å². The van der Waals surface area contributed by atoms with Crippen molar-refractivity contribution < 1.29 is 18.6 Å². The molecule has 0 aliphatic heterocycles. The normalized spacial score (nSPS) is 10.0. The Morgan fingerprint density at radius 1 is 1.42 bits per heavy atom. The molecule has 0 saturated heterocycles. The standard InChI is InChI=1S/C8H8F2O2/c1-12-7-3-6(9)2-5(4-11)8(7)10/h2-3,11H,4H2,1H3. The van der Waals surface area contributed by atoms with Crippen LogP contribution in [0.1, 0.15) is 5.56 Å². The van der Waals surface area contributed by atoms with Crippen molar-refractivity contribution in [1.29, 1.82) is 0 Å². The van der Waals surface area contributed by atoms with Crippen molar-refractivity contribution in [2.24, 2.45) is 0 Å². The molecule has 1 N–H and O–H groups in total. The van der Waals surface area contributed by atoms with Crippen molar-refractivity contribution in [3.63, 3.8) is 0 Å². The third-order valence-corrected chi connectivity index (χ3v) is 1.47. The molecule has 0 heterocycles. The second-order valence-corrected chi connectivity index (χ2v) is 2.24. The Labute approximate surface area is 68.4 Å². The van der Waals surface area contributed by atoms with Crippen LogP contribution in [0, 0.1) is 11.6 Å². The summed E-state index contributed by atoms with van der Waals surface area (Å²) in [4.78, 5) is 0. The van der Waals surface area contributed by atoms with E-state index in [9.17, 15) is 8.78 Å². The first-order valence-corrected chi connectivity index (χ1v) is 3.31. The largest absolute Gasteiger partial charge is 0.494 e. The molecule has 0 unspecified atom stereocenters. The molecule has 1 aromatic carbocycles. The molecule has 0 amide bonds. The van der Waals surface area contributed by atoms with Crippen molar-refractivity contribution in [2.75, 3.05) is 7.11 Å². The molecule has 0 fully saturated rings. The van der Waals surface area contributed by atoms with Gasteiger partial charge in [-0.3, -0.25) is 0 Å². The highest BCUT2D eigenvalue weighted by atomic mass is 19.1. The van der Waals surface area contributed by atoms with Crippen LogP contribution in [0.5, 0.6) is 5.75 Å². The first-order valence-electron chi connectivity index (χ1n) is 3.31. The van der Waals surface area contributed by atoms with Crippen molar-refractivity contribution in [3.05, 3.63) is 29.3 Å². The summed E-state index contributed by atoms with van der Waals surface area (Å²) in [7, 11) is 1.24. The Kier molecular flexibility index (Phi) is 2.60. The van der Waals surface area contributed by atoms with Gasteiger partial charge in [0.1, 0.15) is 5.82 Å². The van der Waals surface area contributed by atoms with Gasteiger partial charge in [0.25, 0.3) is 0 Å². The maximum atomic E-state index is 13.0. The fourth-order valence-corrected chi connectivity index (χ4v) is 0.882. The Bertz CT molecular complexity index is 261. The number of halogens is 2. The lowest BCUT2D eigenvalue weighted by atomic mass is 10.2. The number of hydrogen-bond donors (Lipinski definition) is 1. The molecule has 4 heteroatoms. The Balaban J connectivity index is 3.22. The topological polar surface area (TPSA) is 29.5 Å². The van der Waals surface area contributed by atoms with Gasteiger partial charge in [-0.05, 0) is 6.07 Å². The zero-order chi connectivity index (χ0) is 9.14. The molecular formula is C8H8F2O2. The van der Waals surface area contributed by atoms with E-state index in [0.717, 1.165) is 12.1 Å². The number of aliphatic hydroxyl groups is 1. The molecule has 0 radical (unpaired) electrons. The lowest BCUT2D eigenvalue weighted by molar-refractivity contribution is 0.271. The van der Waals surface area contributed by atoms with Gasteiger partial charge in [-0.15, -0.1) is 0 Å². The smallest absolute Gasteiger partial charge is 0.170 e. The SMILES string of the molecule is COc1cc(F)cc(CO)c1F. The molecular weight excluding hydrogens is 166 g/mol. The predicted octanol–water partition coefficient (Wildman–Crippen LogP) is 1.47. The van der Waals surface area contributed by atoms with Crippen LogP contribution in [0.3, 0.4) is 0 Å². The average molecular weight is 174 g/mol. The fourth-order valence-electron chi connectivity index (χ4n) is 0.882. The number of ether oxygens (including phenoxy) is 1. The van der Waals surface area contributed by atoms with E-state index in [4.69, 9.17) is 5.11 Å². The second-order valence-electron chi connectivity index (χ2n) is 2.24. The van der Waals surface area contributed by atoms with Gasteiger partial charge >= 0.3 is 0 Å². The van der Waals surface area contributed by atoms with E-state index in [-0.39, 0.29) is 11.3 Å². The summed E-state index contributed by atoms with van der Waals surface area (Å²) < 4.78 is 30.2. The van der Waals surface area contributed by atoms with E-state index >= 15 is 0 Å². The molecule has 0 spiro atoms. The van der Waals surface area contributed by atoms with Gasteiger partial charge in [-0.25, -0.2) is 8.78 Å². The summed E-state index contributed by atoms with van der Waals surface area (Å²) in [6.45, 7) is -0.542. The molecule has 1 rings (SSSR count). The highest BCUT2D eigenvalue weighted by Crippen LogP contribution is 2.21. The second kappa shape index (κ2) is 3.49. The van der Waals surface area contributed by atoms with Crippen LogP contribution in [-0.4, -0.2) is 12.2 Å². The van der Waals surface area contributed by atoms with Gasteiger partial charge in [-0.1, -0.05) is 0 Å². The quantitative estimate of drug-likeness (QED) is 0.735. The van der Waals surface area contributed by atoms with Gasteiger partial charge in [0.15, 0.2) is 11.6 Å². The van der Waals surface area contributed by atoms with Crippen molar-refractivity contribution in [2.45, 2.75) is 6.61 Å². The molecule has 2 nitrogen and oxygen atoms in total. The van der Waals surface area contributed by atoms with Crippen molar-refractivity contribution in [3.8, 4) is 5.75 Å². The molecule has 0 aromatic heterocycles. The maximum Gasteiger partial charge on any atom is 0.170 e. The van der Waals surface area contributed by atoms with Crippen LogP contribution in [-0.2, 0) is 6.61 Å². The van der Waals surface area contributed by atoms with E-state index in [1.165, 1.54) is 7.11 Å². The summed E-state index contributed by atoms with van der Waals surface area (Å²) in [6.07, 6.45) is 0. The molecule has 0 atom stereocenters. The zero-order valence-corrected chi connectivity index (χ0v) is 6.47. The fraction of sp³-hybridized carbons (Fsp3) is 0.250. The van der Waals surface area contributed by atoms with Gasteiger partial charge in [0.2, 0.25) is 0 Å². The van der Waals surface area contributed by atoms with E-state index in [1.54, 1.807) is 0 Å². The molecule has 0 bridgehead atoms. The Morgan fingerprint density at radius 3 is 2.58 bits per heavy atom. The summed E-state index contributed by atoms with van der Waals surface area (Å²) in [5, 5.41) is 8.60.